The van der Waals surface area contributed by atoms with Gasteiger partial charge in [0.2, 0.25) is 0 Å². The minimum Gasteiger partial charge on any atom is -0.364 e. The van der Waals surface area contributed by atoms with Gasteiger partial charge in [-0.15, -0.1) is 11.3 Å². The molecule has 0 unspecified atom stereocenters. The van der Waals surface area contributed by atoms with Gasteiger partial charge in [-0.2, -0.15) is 0 Å². The van der Waals surface area contributed by atoms with Crippen LogP contribution in [0, 0.1) is 0 Å². The quantitative estimate of drug-likeness (QED) is 0.829. The maximum Gasteiger partial charge on any atom is 0.124 e. The van der Waals surface area contributed by atoms with Crippen molar-refractivity contribution in [1.82, 2.24) is 10.1 Å². The molecule has 0 atom stereocenters. The summed E-state index contributed by atoms with van der Waals surface area (Å²) in [6.45, 7) is 8.85. The molecule has 0 amide bonds. The van der Waals surface area contributed by atoms with E-state index >= 15 is 0 Å². The van der Waals surface area contributed by atoms with E-state index in [4.69, 9.17) is 4.52 Å². The molecule has 0 aliphatic heterocycles. The molecule has 2 aromatic heterocycles. The van der Waals surface area contributed by atoms with Crippen molar-refractivity contribution in [2.45, 2.75) is 44.9 Å². The molecule has 2 heterocycles. The molecule has 0 bridgehead atoms. The van der Waals surface area contributed by atoms with Crippen molar-refractivity contribution in [1.29, 1.82) is 0 Å². The van der Waals surface area contributed by atoms with Gasteiger partial charge in [0, 0.05) is 28.5 Å². The fourth-order valence-electron chi connectivity index (χ4n) is 2.39. The predicted octanol–water partition coefficient (Wildman–Crippen LogP) is 3.78. The van der Waals surface area contributed by atoms with Crippen LogP contribution in [0.2, 0.25) is 0 Å². The molecule has 0 saturated heterocycles. The van der Waals surface area contributed by atoms with Crippen LogP contribution in [0.5, 0.6) is 0 Å². The van der Waals surface area contributed by atoms with E-state index in [0.29, 0.717) is 0 Å². The first-order chi connectivity index (χ1) is 7.92. The summed E-state index contributed by atoms with van der Waals surface area (Å²) in [5, 5.41) is 7.26. The van der Waals surface area contributed by atoms with E-state index in [1.54, 1.807) is 17.6 Å². The molecule has 0 fully saturated rings. The van der Waals surface area contributed by atoms with Gasteiger partial charge < -0.3 is 4.52 Å². The van der Waals surface area contributed by atoms with Crippen LogP contribution >= 0.6 is 11.3 Å². The Bertz CT molecular complexity index is 413. The molecule has 3 nitrogen and oxygen atoms in total. The van der Waals surface area contributed by atoms with E-state index in [1.165, 1.54) is 5.01 Å². The average molecular weight is 250 g/mol. The Hall–Kier alpha value is -1.16. The maximum absolute atomic E-state index is 4.94. The zero-order valence-corrected chi connectivity index (χ0v) is 11.5. The van der Waals surface area contributed by atoms with Gasteiger partial charge in [-0.25, -0.2) is 4.98 Å². The lowest BCUT2D eigenvalue weighted by Gasteiger charge is -2.32. The molecule has 17 heavy (non-hydrogen) atoms. The van der Waals surface area contributed by atoms with Gasteiger partial charge in [0.15, 0.2) is 0 Å². The Morgan fingerprint density at radius 3 is 2.53 bits per heavy atom. The highest BCUT2D eigenvalue weighted by molar-refractivity contribution is 7.09. The van der Waals surface area contributed by atoms with Crippen molar-refractivity contribution >= 4 is 11.3 Å². The lowest BCUT2D eigenvalue weighted by atomic mass is 9.73. The fraction of sp³-hybridized carbons (Fsp3) is 0.538. The van der Waals surface area contributed by atoms with Gasteiger partial charge in [-0.3, -0.25) is 0 Å². The van der Waals surface area contributed by atoms with Crippen LogP contribution in [0.15, 0.2) is 28.4 Å². The monoisotopic (exact) mass is 250 g/mol. The van der Waals surface area contributed by atoms with Crippen molar-refractivity contribution in [3.05, 3.63) is 34.6 Å². The topological polar surface area (TPSA) is 38.9 Å². The molecule has 0 saturated carbocycles. The van der Waals surface area contributed by atoms with Crippen molar-refractivity contribution in [3.8, 4) is 0 Å². The Kier molecular flexibility index (Phi) is 3.08. The van der Waals surface area contributed by atoms with Crippen LogP contribution in [0.4, 0.5) is 0 Å². The first kappa shape index (κ1) is 12.3. The third-order valence-corrected chi connectivity index (χ3v) is 4.17. The number of nitrogens with zero attached hydrogens (tertiary/aromatic N) is 2. The molecular formula is C13H18N2OS. The van der Waals surface area contributed by atoms with E-state index in [9.17, 15) is 0 Å². The normalized spacial score (nSPS) is 12.9. The molecular weight excluding hydrogens is 232 g/mol. The largest absolute Gasteiger partial charge is 0.364 e. The first-order valence-corrected chi connectivity index (χ1v) is 6.61. The third-order valence-electron chi connectivity index (χ3n) is 3.03. The molecule has 0 aliphatic carbocycles. The van der Waals surface area contributed by atoms with Gasteiger partial charge in [0.05, 0.1) is 10.7 Å². The summed E-state index contributed by atoms with van der Waals surface area (Å²) in [6, 6.07) is 1.94. The molecule has 4 heteroatoms. The lowest BCUT2D eigenvalue weighted by molar-refractivity contribution is 0.320. The number of hydrogen-bond acceptors (Lipinski definition) is 4. The Labute approximate surface area is 106 Å². The summed E-state index contributed by atoms with van der Waals surface area (Å²) in [5.74, 6) is 0. The van der Waals surface area contributed by atoms with E-state index in [0.717, 1.165) is 12.1 Å². The van der Waals surface area contributed by atoms with Crippen LogP contribution < -0.4 is 0 Å². The summed E-state index contributed by atoms with van der Waals surface area (Å²) >= 11 is 1.71. The smallest absolute Gasteiger partial charge is 0.124 e. The number of aromatic nitrogens is 2. The van der Waals surface area contributed by atoms with Gasteiger partial charge in [-0.1, -0.05) is 32.9 Å². The highest BCUT2D eigenvalue weighted by atomic mass is 32.1. The van der Waals surface area contributed by atoms with Gasteiger partial charge in [0.1, 0.15) is 6.26 Å². The average Bonchev–Trinajstić information content (AvgIpc) is 2.91. The lowest BCUT2D eigenvalue weighted by Crippen LogP contribution is -2.30. The van der Waals surface area contributed by atoms with E-state index < -0.39 is 0 Å². The summed E-state index contributed by atoms with van der Waals surface area (Å²) in [6.07, 6.45) is 4.48. The summed E-state index contributed by atoms with van der Waals surface area (Å²) in [5.41, 5.74) is 1.04. The molecule has 92 valence electrons. The second kappa shape index (κ2) is 4.26. The molecule has 0 N–H and O–H groups in total. The number of hydrogen-bond donors (Lipinski definition) is 0. The van der Waals surface area contributed by atoms with Crippen molar-refractivity contribution < 1.29 is 4.52 Å². The van der Waals surface area contributed by atoms with Crippen LogP contribution in [-0.4, -0.2) is 10.1 Å². The van der Waals surface area contributed by atoms with Crippen molar-refractivity contribution in [2.24, 2.45) is 0 Å². The van der Waals surface area contributed by atoms with E-state index in [-0.39, 0.29) is 10.8 Å². The number of thiazole rings is 1. The van der Waals surface area contributed by atoms with Crippen LogP contribution in [0.25, 0.3) is 0 Å². The predicted molar refractivity (Wildman–Crippen MR) is 69.3 cm³/mol. The minimum absolute atomic E-state index is 0.0117. The first-order valence-electron chi connectivity index (χ1n) is 5.73. The second-order valence-corrected chi connectivity index (χ2v) is 6.56. The van der Waals surface area contributed by atoms with Crippen molar-refractivity contribution in [2.75, 3.05) is 0 Å². The minimum atomic E-state index is -0.0117. The highest BCUT2D eigenvalue weighted by Crippen LogP contribution is 2.38. The SMILES string of the molecule is CC(C)(CC(C)(C)c1nccs1)c1ccon1. The summed E-state index contributed by atoms with van der Waals surface area (Å²) < 4.78 is 4.94. The Balaban J connectivity index is 2.21. The van der Waals surface area contributed by atoms with Crippen LogP contribution in [0.3, 0.4) is 0 Å². The van der Waals surface area contributed by atoms with Crippen molar-refractivity contribution in [3.63, 3.8) is 0 Å². The molecule has 0 aliphatic rings. The second-order valence-electron chi connectivity index (χ2n) is 5.67. The van der Waals surface area contributed by atoms with E-state index in [1.807, 2.05) is 17.6 Å². The molecule has 0 spiro atoms. The highest BCUT2D eigenvalue weighted by Gasteiger charge is 2.34. The summed E-state index contributed by atoms with van der Waals surface area (Å²) in [4.78, 5) is 4.43. The van der Waals surface area contributed by atoms with Gasteiger partial charge in [0.25, 0.3) is 0 Å². The zero-order chi connectivity index (χ0) is 12.5. The Morgan fingerprint density at radius 2 is 2.00 bits per heavy atom. The van der Waals surface area contributed by atoms with Gasteiger partial charge in [-0.05, 0) is 6.42 Å². The molecule has 2 aromatic rings. The van der Waals surface area contributed by atoms with Crippen LogP contribution in [0.1, 0.15) is 44.8 Å². The zero-order valence-electron chi connectivity index (χ0n) is 10.7. The molecule has 0 aromatic carbocycles. The Morgan fingerprint density at radius 1 is 1.24 bits per heavy atom. The number of rotatable bonds is 4. The van der Waals surface area contributed by atoms with Gasteiger partial charge >= 0.3 is 0 Å². The molecule has 2 rings (SSSR count). The maximum atomic E-state index is 4.94. The molecule has 0 radical (unpaired) electrons. The standard InChI is InChI=1S/C13H18N2OS/c1-12(2,10-5-7-16-15-10)9-13(3,4)11-14-6-8-17-11/h5-8H,9H2,1-4H3. The fourth-order valence-corrected chi connectivity index (χ4v) is 3.15. The van der Waals surface area contributed by atoms with Crippen LogP contribution in [-0.2, 0) is 10.8 Å². The summed E-state index contributed by atoms with van der Waals surface area (Å²) in [7, 11) is 0. The van der Waals surface area contributed by atoms with E-state index in [2.05, 4.69) is 37.8 Å². The third kappa shape index (κ3) is 2.57.